The van der Waals surface area contributed by atoms with Gasteiger partial charge in [-0.05, 0) is 56.4 Å². The number of carbonyl (C=O) groups is 1. The molecule has 1 saturated heterocycles. The number of halogens is 1. The number of piperidine rings is 1. The van der Waals surface area contributed by atoms with E-state index in [4.69, 9.17) is 30.5 Å². The number of rotatable bonds is 12. The Labute approximate surface area is 295 Å². The summed E-state index contributed by atoms with van der Waals surface area (Å²) < 4.78 is 24.1. The number of methoxy groups -OCH3 is 3. The van der Waals surface area contributed by atoms with E-state index in [0.29, 0.717) is 40.5 Å². The zero-order valence-corrected chi connectivity index (χ0v) is 29.6. The number of hydrogen-bond acceptors (Lipinski definition) is 11. The van der Waals surface area contributed by atoms with Crippen molar-refractivity contribution in [3.63, 3.8) is 0 Å². The molecule has 4 aromatic rings. The number of anilines is 2. The number of aromatic nitrogens is 3. The van der Waals surface area contributed by atoms with Crippen molar-refractivity contribution < 1.29 is 28.7 Å². The van der Waals surface area contributed by atoms with E-state index in [1.807, 2.05) is 36.2 Å². The molecule has 266 valence electrons. The van der Waals surface area contributed by atoms with Crippen molar-refractivity contribution in [3.8, 4) is 11.5 Å². The maximum absolute atomic E-state index is 13.5. The van der Waals surface area contributed by atoms with Crippen LogP contribution in [0.5, 0.6) is 11.5 Å². The van der Waals surface area contributed by atoms with E-state index >= 15 is 0 Å². The first-order valence-electron chi connectivity index (χ1n) is 16.5. The molecule has 0 unspecified atom stereocenters. The molecule has 6 rings (SSSR count). The summed E-state index contributed by atoms with van der Waals surface area (Å²) in [5, 5.41) is 15.0. The molecule has 14 nitrogen and oxygen atoms in total. The van der Waals surface area contributed by atoms with Gasteiger partial charge in [0.2, 0.25) is 0 Å². The number of pyridine rings is 1. The molecule has 0 radical (unpaired) electrons. The molecule has 3 heterocycles. The highest BCUT2D eigenvalue weighted by molar-refractivity contribution is 6.30. The van der Waals surface area contributed by atoms with Gasteiger partial charge in [-0.25, -0.2) is 19.3 Å². The van der Waals surface area contributed by atoms with E-state index in [9.17, 15) is 14.9 Å². The zero-order valence-electron chi connectivity index (χ0n) is 28.8. The van der Waals surface area contributed by atoms with Gasteiger partial charge in [-0.2, -0.15) is 0 Å². The number of ether oxygens (including phenoxy) is 4. The fourth-order valence-corrected chi connectivity index (χ4v) is 6.63. The highest BCUT2D eigenvalue weighted by Crippen LogP contribution is 2.34. The van der Waals surface area contributed by atoms with Crippen molar-refractivity contribution in [1.29, 1.82) is 0 Å². The Kier molecular flexibility index (Phi) is 10.3. The number of non-ortho nitro benzene ring substituents is 1. The Balaban J connectivity index is 1.12. The molecule has 0 spiro atoms. The van der Waals surface area contributed by atoms with Crippen LogP contribution in [0.1, 0.15) is 43.7 Å². The minimum Gasteiger partial charge on any atom is -0.497 e. The third kappa shape index (κ3) is 7.42. The van der Waals surface area contributed by atoms with Gasteiger partial charge in [-0.15, -0.1) is 0 Å². The van der Waals surface area contributed by atoms with Gasteiger partial charge in [0.25, 0.3) is 5.69 Å². The van der Waals surface area contributed by atoms with E-state index in [2.05, 4.69) is 27.1 Å². The van der Waals surface area contributed by atoms with Gasteiger partial charge in [0.05, 0.1) is 49.2 Å². The lowest BCUT2D eigenvalue weighted by Crippen LogP contribution is -2.52. The number of benzene rings is 2. The lowest BCUT2D eigenvalue weighted by atomic mass is 9.89. The SMILES string of the molecule is COc1ccc(CN(C)c2cc(Cl)nc3c2ncn3C(=O)N[C@@H]2CC[C@H]2OCc2cc(N3CCC(C)(OC)CC3)cc([N+](=O)[O-])c2)c(OC)c1. The fourth-order valence-electron chi connectivity index (χ4n) is 6.44. The van der Waals surface area contributed by atoms with Gasteiger partial charge < -0.3 is 34.1 Å². The molecular weight excluding hydrogens is 666 g/mol. The monoisotopic (exact) mass is 707 g/mol. The van der Waals surface area contributed by atoms with Crippen LogP contribution in [-0.4, -0.2) is 84.7 Å². The minimum atomic E-state index is -0.406. The first kappa shape index (κ1) is 35.2. The number of nitrogens with zero attached hydrogens (tertiary/aromatic N) is 6. The molecule has 0 bridgehead atoms. The van der Waals surface area contributed by atoms with E-state index in [1.165, 1.54) is 10.9 Å². The second-order valence-electron chi connectivity index (χ2n) is 13.0. The molecule has 2 aromatic heterocycles. The van der Waals surface area contributed by atoms with E-state index in [-0.39, 0.29) is 40.1 Å². The molecule has 1 aliphatic carbocycles. The Morgan fingerprint density at radius 2 is 1.90 bits per heavy atom. The highest BCUT2D eigenvalue weighted by atomic mass is 35.5. The van der Waals surface area contributed by atoms with Crippen LogP contribution in [0.15, 0.2) is 48.8 Å². The summed E-state index contributed by atoms with van der Waals surface area (Å²) in [6.45, 7) is 4.21. The molecule has 15 heteroatoms. The number of nitro groups is 1. The standard InChI is InChI=1S/C35H42ClN7O7/c1-35(49-5)10-12-41(13-11-35)24-14-22(15-25(16-24)43(45)46)20-50-29-9-8-27(29)38-34(44)42-21-37-32-28(18-31(36)39-33(32)42)40(2)19-23-6-7-26(47-3)17-30(23)48-4/h6-7,14-18,21,27,29H,8-13,19-20H2,1-5H3,(H,38,44)/t27-,29-/m1/s1. The number of nitrogens with one attached hydrogen (secondary N) is 1. The van der Waals surface area contributed by atoms with Crippen LogP contribution in [0.4, 0.5) is 21.9 Å². The largest absolute Gasteiger partial charge is 0.497 e. The number of amides is 1. The molecule has 1 amide bonds. The zero-order chi connectivity index (χ0) is 35.6. The van der Waals surface area contributed by atoms with E-state index < -0.39 is 6.03 Å². The Morgan fingerprint density at radius 1 is 1.12 bits per heavy atom. The Bertz CT molecular complexity index is 1880. The molecular formula is C35H42ClN7O7. The Morgan fingerprint density at radius 3 is 2.56 bits per heavy atom. The molecule has 1 N–H and O–H groups in total. The van der Waals surface area contributed by atoms with Crippen LogP contribution < -0.4 is 24.6 Å². The average molecular weight is 708 g/mol. The van der Waals surface area contributed by atoms with Gasteiger partial charge in [0, 0.05) is 69.3 Å². The van der Waals surface area contributed by atoms with Crippen molar-refractivity contribution in [2.24, 2.45) is 0 Å². The average Bonchev–Trinajstić information content (AvgIpc) is 3.53. The van der Waals surface area contributed by atoms with E-state index in [1.54, 1.807) is 39.5 Å². The minimum absolute atomic E-state index is 0.0194. The summed E-state index contributed by atoms with van der Waals surface area (Å²) in [5.41, 5.74) is 3.78. The summed E-state index contributed by atoms with van der Waals surface area (Å²) in [4.78, 5) is 38.0. The molecule has 2 aliphatic rings. The lowest BCUT2D eigenvalue weighted by molar-refractivity contribution is -0.384. The number of nitro benzene ring substituents is 1. The van der Waals surface area contributed by atoms with Crippen molar-refractivity contribution in [2.45, 2.75) is 63.5 Å². The lowest BCUT2D eigenvalue weighted by Gasteiger charge is -2.39. The van der Waals surface area contributed by atoms with Crippen LogP contribution >= 0.6 is 11.6 Å². The number of imidazole rings is 1. The fraction of sp³-hybridized carbons (Fsp3) is 0.457. The number of fused-ring (bicyclic) bond motifs is 1. The predicted octanol–water partition coefficient (Wildman–Crippen LogP) is 5.96. The summed E-state index contributed by atoms with van der Waals surface area (Å²) >= 11 is 6.46. The number of carbonyl (C=O) groups excluding carboxylic acids is 1. The van der Waals surface area contributed by atoms with Crippen molar-refractivity contribution >= 4 is 45.9 Å². The second-order valence-corrected chi connectivity index (χ2v) is 13.4. The van der Waals surface area contributed by atoms with Crippen LogP contribution in [0, 0.1) is 10.1 Å². The van der Waals surface area contributed by atoms with E-state index in [0.717, 1.165) is 50.0 Å². The van der Waals surface area contributed by atoms with Crippen molar-refractivity contribution in [2.75, 3.05) is 51.3 Å². The highest BCUT2D eigenvalue weighted by Gasteiger charge is 2.34. The second kappa shape index (κ2) is 14.7. The summed E-state index contributed by atoms with van der Waals surface area (Å²) in [7, 11) is 6.83. The van der Waals surface area contributed by atoms with Crippen LogP contribution in [0.25, 0.3) is 11.2 Å². The third-order valence-electron chi connectivity index (χ3n) is 9.82. The third-order valence-corrected chi connectivity index (χ3v) is 10.0. The van der Waals surface area contributed by atoms with Gasteiger partial charge in [0.1, 0.15) is 28.5 Å². The van der Waals surface area contributed by atoms with Crippen LogP contribution in [-0.2, 0) is 22.6 Å². The topological polar surface area (TPSA) is 146 Å². The van der Waals surface area contributed by atoms with Gasteiger partial charge in [0.15, 0.2) is 5.65 Å². The van der Waals surface area contributed by atoms with Gasteiger partial charge in [-0.1, -0.05) is 11.6 Å². The molecule has 50 heavy (non-hydrogen) atoms. The van der Waals surface area contributed by atoms with Crippen LogP contribution in [0.3, 0.4) is 0 Å². The number of hydrogen-bond donors (Lipinski definition) is 1. The van der Waals surface area contributed by atoms with Crippen molar-refractivity contribution in [1.82, 2.24) is 19.9 Å². The maximum atomic E-state index is 13.5. The first-order chi connectivity index (χ1) is 24.0. The Hall–Kier alpha value is -4.66. The molecule has 2 fully saturated rings. The van der Waals surface area contributed by atoms with Gasteiger partial charge in [-0.3, -0.25) is 10.1 Å². The maximum Gasteiger partial charge on any atom is 0.328 e. The summed E-state index contributed by atoms with van der Waals surface area (Å²) in [5.74, 6) is 1.37. The quantitative estimate of drug-likeness (QED) is 0.106. The normalized spacial score (nSPS) is 18.4. The predicted molar refractivity (Wildman–Crippen MR) is 190 cm³/mol. The molecule has 2 aromatic carbocycles. The molecule has 2 atom stereocenters. The van der Waals surface area contributed by atoms with Gasteiger partial charge >= 0.3 is 6.03 Å². The van der Waals surface area contributed by atoms with Crippen LogP contribution in [0.2, 0.25) is 5.15 Å². The molecule has 1 saturated carbocycles. The van der Waals surface area contributed by atoms with Crippen molar-refractivity contribution in [3.05, 3.63) is 75.2 Å². The summed E-state index contributed by atoms with van der Waals surface area (Å²) in [6, 6.07) is 11.8. The first-order valence-corrected chi connectivity index (χ1v) is 16.8. The molecule has 1 aliphatic heterocycles. The smallest absolute Gasteiger partial charge is 0.328 e. The summed E-state index contributed by atoms with van der Waals surface area (Å²) in [6.07, 6.45) is 4.29.